The first-order valence-electron chi connectivity index (χ1n) is 11.2. The maximum atomic E-state index is 13.3. The summed E-state index contributed by atoms with van der Waals surface area (Å²) in [5.41, 5.74) is -1.76. The van der Waals surface area contributed by atoms with Gasteiger partial charge in [-0.05, 0) is 29.4 Å². The molecule has 0 bridgehead atoms. The summed E-state index contributed by atoms with van der Waals surface area (Å²) < 4.78 is 38.0. The van der Waals surface area contributed by atoms with Crippen LogP contribution in [0.2, 0.25) is 0 Å². The molecule has 4 rings (SSSR count). The second kappa shape index (κ2) is 11.2. The zero-order valence-electron chi connectivity index (χ0n) is 19.6. The lowest BCUT2D eigenvalue weighted by atomic mass is 9.86. The van der Waals surface area contributed by atoms with Crippen LogP contribution < -0.4 is 14.8 Å². The second-order valence-electron chi connectivity index (χ2n) is 8.03. The number of ether oxygens (including phenoxy) is 1. The fourth-order valence-electron chi connectivity index (χ4n) is 3.54. The summed E-state index contributed by atoms with van der Waals surface area (Å²) in [6, 6.07) is 6.71. The first-order valence-corrected chi connectivity index (χ1v) is 12.6. The number of allylic oxidation sites excluding steroid dienone is 1. The average molecular weight is 543 g/mol. The number of aromatic amines is 1. The average Bonchev–Trinajstić information content (AvgIpc) is 3.67. The molecule has 0 fully saturated rings. The van der Waals surface area contributed by atoms with E-state index in [0.717, 1.165) is 0 Å². The van der Waals surface area contributed by atoms with Gasteiger partial charge in [-0.3, -0.25) is 24.7 Å². The number of benzene rings is 1. The topological polar surface area (TPSA) is 206 Å². The molecule has 4 N–H and O–H groups in total. The maximum absolute atomic E-state index is 13.3. The number of nitrogens with one attached hydrogen (secondary N) is 3. The molecule has 0 saturated carbocycles. The molecular weight excluding hydrogens is 520 g/mol. The van der Waals surface area contributed by atoms with Gasteiger partial charge in [0.15, 0.2) is 0 Å². The molecule has 14 nitrogen and oxygen atoms in total. The SMILES string of the molecule is O=C(CCOc1cc(C(=O)C2(CC(NS(=O)(=O)c3ccccc3)C(=O)O)C=CC=N2)on1)Nc1ncc[nH]1. The molecule has 3 aromatic rings. The summed E-state index contributed by atoms with van der Waals surface area (Å²) in [6.45, 7) is -0.0851. The molecule has 0 spiro atoms. The van der Waals surface area contributed by atoms with Crippen LogP contribution in [0.3, 0.4) is 0 Å². The van der Waals surface area contributed by atoms with Crippen LogP contribution in [-0.2, 0) is 19.6 Å². The van der Waals surface area contributed by atoms with E-state index in [-0.39, 0.29) is 41.4 Å². The van der Waals surface area contributed by atoms with Crippen LogP contribution in [0.4, 0.5) is 5.95 Å². The van der Waals surface area contributed by atoms with Crippen molar-refractivity contribution < 1.29 is 37.2 Å². The van der Waals surface area contributed by atoms with Crippen LogP contribution in [0.25, 0.3) is 0 Å². The van der Waals surface area contributed by atoms with E-state index in [4.69, 9.17) is 9.26 Å². The first kappa shape index (κ1) is 26.4. The van der Waals surface area contributed by atoms with Crippen molar-refractivity contribution in [2.45, 2.75) is 29.3 Å². The molecule has 38 heavy (non-hydrogen) atoms. The van der Waals surface area contributed by atoms with Gasteiger partial charge in [0.1, 0.15) is 11.6 Å². The zero-order chi connectivity index (χ0) is 27.2. The van der Waals surface area contributed by atoms with Gasteiger partial charge in [-0.2, -0.15) is 4.72 Å². The number of aliphatic carboxylic acids is 1. The number of sulfonamides is 1. The molecule has 0 aliphatic carbocycles. The largest absolute Gasteiger partial charge is 0.480 e. The number of carboxylic acid groups (broad SMARTS) is 1. The highest BCUT2D eigenvalue weighted by atomic mass is 32.2. The van der Waals surface area contributed by atoms with E-state index < -0.39 is 39.8 Å². The number of hydrogen-bond donors (Lipinski definition) is 4. The van der Waals surface area contributed by atoms with E-state index >= 15 is 0 Å². The molecule has 1 aliphatic heterocycles. The lowest BCUT2D eigenvalue weighted by Gasteiger charge is -2.25. The third kappa shape index (κ3) is 6.19. The lowest BCUT2D eigenvalue weighted by molar-refractivity contribution is -0.139. The highest BCUT2D eigenvalue weighted by molar-refractivity contribution is 7.89. The van der Waals surface area contributed by atoms with Crippen LogP contribution >= 0.6 is 0 Å². The van der Waals surface area contributed by atoms with Crippen LogP contribution in [-0.4, -0.2) is 70.7 Å². The van der Waals surface area contributed by atoms with Crippen molar-refractivity contribution in [2.75, 3.05) is 11.9 Å². The number of aromatic nitrogens is 3. The normalized spacial score (nSPS) is 17.3. The van der Waals surface area contributed by atoms with Crippen molar-refractivity contribution in [3.63, 3.8) is 0 Å². The first-order chi connectivity index (χ1) is 18.2. The third-order valence-electron chi connectivity index (χ3n) is 5.37. The highest BCUT2D eigenvalue weighted by Gasteiger charge is 2.44. The number of carbonyl (C=O) groups excluding carboxylic acids is 2. The minimum Gasteiger partial charge on any atom is -0.480 e. The number of Topliss-reactive ketones (excluding diaryl/α,β-unsaturated/α-hetero) is 1. The van der Waals surface area contributed by atoms with E-state index in [2.05, 4.69) is 30.2 Å². The smallest absolute Gasteiger partial charge is 0.321 e. The van der Waals surface area contributed by atoms with Crippen molar-refractivity contribution in [3.05, 3.63) is 66.7 Å². The van der Waals surface area contributed by atoms with Crippen molar-refractivity contribution in [1.82, 2.24) is 19.8 Å². The molecule has 1 aliphatic rings. The Bertz CT molecular complexity index is 1450. The Morgan fingerprint density at radius 2 is 2.00 bits per heavy atom. The van der Waals surface area contributed by atoms with Gasteiger partial charge in [0.25, 0.3) is 5.88 Å². The number of hydrogen-bond acceptors (Lipinski definition) is 10. The molecule has 198 valence electrons. The molecule has 0 saturated heterocycles. The van der Waals surface area contributed by atoms with E-state index in [0.29, 0.717) is 0 Å². The molecule has 3 heterocycles. The van der Waals surface area contributed by atoms with Gasteiger partial charge >= 0.3 is 5.97 Å². The van der Waals surface area contributed by atoms with Gasteiger partial charge < -0.3 is 19.4 Å². The maximum Gasteiger partial charge on any atom is 0.321 e. The molecule has 2 aromatic heterocycles. The minimum absolute atomic E-state index is 0.0460. The number of nitrogens with zero attached hydrogens (tertiary/aromatic N) is 3. The van der Waals surface area contributed by atoms with Crippen LogP contribution in [0.15, 0.2) is 75.4 Å². The number of carbonyl (C=O) groups is 3. The van der Waals surface area contributed by atoms with Gasteiger partial charge in [-0.15, -0.1) is 0 Å². The molecule has 2 unspecified atom stereocenters. The summed E-state index contributed by atoms with van der Waals surface area (Å²) in [5.74, 6) is -2.72. The third-order valence-corrected chi connectivity index (χ3v) is 6.86. The van der Waals surface area contributed by atoms with Crippen molar-refractivity contribution >= 4 is 39.8 Å². The molecule has 1 amide bonds. The van der Waals surface area contributed by atoms with Gasteiger partial charge in [-0.1, -0.05) is 18.2 Å². The summed E-state index contributed by atoms with van der Waals surface area (Å²) in [4.78, 5) is 47.8. The van der Waals surface area contributed by atoms with Crippen molar-refractivity contribution in [2.24, 2.45) is 4.99 Å². The Labute approximate surface area is 215 Å². The molecule has 15 heteroatoms. The number of H-pyrrole nitrogens is 1. The van der Waals surface area contributed by atoms with Crippen molar-refractivity contribution in [1.29, 1.82) is 0 Å². The number of aliphatic imine (C=N–C) groups is 1. The fourth-order valence-corrected chi connectivity index (χ4v) is 4.75. The molecular formula is C23H22N6O8S. The predicted molar refractivity (Wildman–Crippen MR) is 131 cm³/mol. The number of ketones is 1. The summed E-state index contributed by atoms with van der Waals surface area (Å²) in [6.07, 6.45) is 6.53. The zero-order valence-corrected chi connectivity index (χ0v) is 20.4. The predicted octanol–water partition coefficient (Wildman–Crippen LogP) is 1.19. The number of amides is 1. The number of carboxylic acids is 1. The minimum atomic E-state index is -4.21. The summed E-state index contributed by atoms with van der Waals surface area (Å²) >= 11 is 0. The van der Waals surface area contributed by atoms with Crippen LogP contribution in [0, 0.1) is 0 Å². The van der Waals surface area contributed by atoms with Gasteiger partial charge in [-0.25, -0.2) is 13.4 Å². The van der Waals surface area contributed by atoms with Gasteiger partial charge in [0, 0.05) is 25.0 Å². The number of rotatable bonds is 13. The van der Waals surface area contributed by atoms with Crippen molar-refractivity contribution in [3.8, 4) is 5.88 Å². The Hall–Kier alpha value is -4.63. The highest BCUT2D eigenvalue weighted by Crippen LogP contribution is 2.30. The van der Waals surface area contributed by atoms with Gasteiger partial charge in [0.2, 0.25) is 33.4 Å². The van der Waals surface area contributed by atoms with E-state index in [1.54, 1.807) is 12.3 Å². The Balaban J connectivity index is 1.42. The van der Waals surface area contributed by atoms with Crippen LogP contribution in [0.5, 0.6) is 5.88 Å². The summed E-state index contributed by atoms with van der Waals surface area (Å²) in [5, 5.41) is 15.9. The Kier molecular flexibility index (Phi) is 7.78. The lowest BCUT2D eigenvalue weighted by Crippen LogP contribution is -2.48. The molecule has 2 atom stereocenters. The van der Waals surface area contributed by atoms with E-state index in [1.165, 1.54) is 54.9 Å². The Morgan fingerprint density at radius 1 is 1.21 bits per heavy atom. The number of imidazole rings is 1. The quantitative estimate of drug-likeness (QED) is 0.227. The fraction of sp³-hybridized carbons (Fsp3) is 0.217. The van der Waals surface area contributed by atoms with Gasteiger partial charge in [0.05, 0.1) is 24.0 Å². The Morgan fingerprint density at radius 3 is 2.66 bits per heavy atom. The summed E-state index contributed by atoms with van der Waals surface area (Å²) in [7, 11) is -4.21. The standard InChI is InChI=1S/C23H22N6O8S/c30-18(27-22-24-10-11-25-22)7-12-36-19-13-17(37-28-19)20(31)23(8-4-9-26-23)14-16(21(32)33)29-38(34,35)15-5-2-1-3-6-15/h1-6,8-11,13,16,29H,7,12,14H2,(H,32,33)(H2,24,25,27,30). The second-order valence-corrected chi connectivity index (χ2v) is 9.75. The number of anilines is 1. The van der Waals surface area contributed by atoms with Crippen LogP contribution in [0.1, 0.15) is 23.4 Å². The monoisotopic (exact) mass is 542 g/mol. The molecule has 1 aromatic carbocycles. The molecule has 0 radical (unpaired) electrons. The van der Waals surface area contributed by atoms with E-state index in [1.807, 2.05) is 0 Å². The van der Waals surface area contributed by atoms with E-state index in [9.17, 15) is 27.9 Å².